The molecule has 1 N–H and O–H groups in total. The number of terminal acetylenes is 1. The van der Waals surface area contributed by atoms with Crippen LogP contribution in [-0.4, -0.2) is 77.9 Å². The average molecular weight is 661 g/mol. The van der Waals surface area contributed by atoms with Crippen LogP contribution >= 0.6 is 0 Å². The number of hydrogen-bond acceptors (Lipinski definition) is 7. The molecule has 0 radical (unpaired) electrons. The molecule has 0 saturated carbocycles. The Morgan fingerprint density at radius 1 is 0.979 bits per heavy atom. The summed E-state index contributed by atoms with van der Waals surface area (Å²) in [7, 11) is 0.500. The molecule has 3 saturated heterocycles. The fourth-order valence-electron chi connectivity index (χ4n) is 7.79. The third kappa shape index (κ3) is 6.19. The van der Waals surface area contributed by atoms with Crippen LogP contribution in [0.3, 0.4) is 0 Å². The molecule has 3 fully saturated rings. The molecule has 6 heterocycles. The lowest BCUT2D eigenvalue weighted by Gasteiger charge is -2.36. The van der Waals surface area contributed by atoms with E-state index in [9.17, 15) is 8.78 Å². The molecule has 4 aromatic rings. The topological polar surface area (TPSA) is 66.4 Å². The maximum Gasteiger partial charge on any atom is 0.319 e. The van der Waals surface area contributed by atoms with Crippen LogP contribution in [-0.2, 0) is 6.42 Å². The SMILES string of the molecule is C#Cc1c(F)ccc2cccc(-c3nc4c5c(nc(OCC67CCCN6CCC7)nc5c3F)N3CCNCC3CC4)c12.CC.CC.CF. The number of piperazine rings is 1. The summed E-state index contributed by atoms with van der Waals surface area (Å²) in [5.41, 5.74) is 1.61. The van der Waals surface area contributed by atoms with Gasteiger partial charge in [-0.3, -0.25) is 9.29 Å². The summed E-state index contributed by atoms with van der Waals surface area (Å²) in [5, 5.41) is 5.32. The normalized spacial score (nSPS) is 19.0. The van der Waals surface area contributed by atoms with Crippen LogP contribution in [0, 0.1) is 24.0 Å². The van der Waals surface area contributed by atoms with Crippen LogP contribution < -0.4 is 15.0 Å². The largest absolute Gasteiger partial charge is 0.461 e. The lowest BCUT2D eigenvalue weighted by Crippen LogP contribution is -2.51. The summed E-state index contributed by atoms with van der Waals surface area (Å²) >= 11 is 0. The maximum atomic E-state index is 16.8. The molecule has 4 aliphatic rings. The zero-order chi connectivity index (χ0) is 34.4. The molecule has 48 heavy (non-hydrogen) atoms. The van der Waals surface area contributed by atoms with Crippen molar-refractivity contribution in [1.82, 2.24) is 25.2 Å². The molecule has 0 aliphatic carbocycles. The first kappa shape index (κ1) is 35.4. The van der Waals surface area contributed by atoms with Crippen molar-refractivity contribution in [1.29, 1.82) is 0 Å². The second-order valence-electron chi connectivity index (χ2n) is 12.0. The number of hydrogen-bond donors (Lipinski definition) is 1. The Morgan fingerprint density at radius 2 is 1.73 bits per heavy atom. The van der Waals surface area contributed by atoms with Gasteiger partial charge < -0.3 is 15.0 Å². The predicted octanol–water partition coefficient (Wildman–Crippen LogP) is 7.47. The lowest BCUT2D eigenvalue weighted by atomic mass is 9.95. The Labute approximate surface area is 282 Å². The molecular formula is C38H47F3N6O. The first-order chi connectivity index (χ1) is 23.6. The molecule has 1 unspecified atom stereocenters. The number of ether oxygens (including phenoxy) is 1. The zero-order valence-corrected chi connectivity index (χ0v) is 28.8. The summed E-state index contributed by atoms with van der Waals surface area (Å²) in [6.45, 7) is 13.1. The summed E-state index contributed by atoms with van der Waals surface area (Å²) in [6, 6.07) is 8.82. The number of benzene rings is 2. The number of rotatable bonds is 4. The van der Waals surface area contributed by atoms with Crippen LogP contribution in [0.4, 0.5) is 19.0 Å². The van der Waals surface area contributed by atoms with E-state index in [0.717, 1.165) is 75.9 Å². The van der Waals surface area contributed by atoms with E-state index in [4.69, 9.17) is 26.1 Å². The highest BCUT2D eigenvalue weighted by molar-refractivity contribution is 6.02. The van der Waals surface area contributed by atoms with Crippen LogP contribution in [0.5, 0.6) is 6.01 Å². The molecule has 0 bridgehead atoms. The third-order valence-corrected chi connectivity index (χ3v) is 9.83. The molecule has 0 amide bonds. The van der Waals surface area contributed by atoms with Gasteiger partial charge in [-0.05, 0) is 63.1 Å². The Bertz CT molecular complexity index is 1780. The molecule has 10 heteroatoms. The molecule has 2 aromatic heterocycles. The van der Waals surface area contributed by atoms with Crippen molar-refractivity contribution in [3.8, 4) is 29.6 Å². The predicted molar refractivity (Wildman–Crippen MR) is 188 cm³/mol. The van der Waals surface area contributed by atoms with Crippen molar-refractivity contribution < 1.29 is 17.9 Å². The van der Waals surface area contributed by atoms with Gasteiger partial charge in [0.05, 0.1) is 29.4 Å². The first-order valence-electron chi connectivity index (χ1n) is 17.4. The van der Waals surface area contributed by atoms with Gasteiger partial charge in [-0.25, -0.2) is 13.8 Å². The number of alkyl halides is 1. The Balaban J connectivity index is 0.000000713. The average Bonchev–Trinajstić information content (AvgIpc) is 3.69. The summed E-state index contributed by atoms with van der Waals surface area (Å²) in [6.07, 6.45) is 11.7. The van der Waals surface area contributed by atoms with Crippen molar-refractivity contribution in [2.24, 2.45) is 0 Å². The minimum absolute atomic E-state index is 0.00970. The van der Waals surface area contributed by atoms with E-state index < -0.39 is 11.6 Å². The fourth-order valence-corrected chi connectivity index (χ4v) is 7.79. The summed E-state index contributed by atoms with van der Waals surface area (Å²) in [5.74, 6) is 2.08. The highest BCUT2D eigenvalue weighted by Crippen LogP contribution is 2.42. The molecule has 8 rings (SSSR count). The van der Waals surface area contributed by atoms with E-state index in [1.807, 2.05) is 39.8 Å². The molecule has 1 atom stereocenters. The maximum absolute atomic E-state index is 16.8. The van der Waals surface area contributed by atoms with E-state index in [2.05, 4.69) is 21.0 Å². The van der Waals surface area contributed by atoms with Gasteiger partial charge in [-0.15, -0.1) is 6.42 Å². The van der Waals surface area contributed by atoms with Crippen molar-refractivity contribution in [3.05, 3.63) is 53.2 Å². The van der Waals surface area contributed by atoms with Crippen molar-refractivity contribution in [2.75, 3.05) is 51.4 Å². The van der Waals surface area contributed by atoms with E-state index in [-0.39, 0.29) is 34.4 Å². The molecule has 2 aromatic carbocycles. The number of fused-ring (bicyclic) bond motifs is 4. The fraction of sp³-hybridized carbons (Fsp3) is 0.500. The van der Waals surface area contributed by atoms with E-state index >= 15 is 4.39 Å². The summed E-state index contributed by atoms with van der Waals surface area (Å²) < 4.78 is 47.6. The van der Waals surface area contributed by atoms with Gasteiger partial charge in [-0.1, -0.05) is 57.9 Å². The second-order valence-corrected chi connectivity index (χ2v) is 12.0. The smallest absolute Gasteiger partial charge is 0.319 e. The van der Waals surface area contributed by atoms with Gasteiger partial charge >= 0.3 is 6.01 Å². The molecule has 4 aliphatic heterocycles. The molecule has 7 nitrogen and oxygen atoms in total. The van der Waals surface area contributed by atoms with Crippen LogP contribution in [0.1, 0.15) is 71.1 Å². The number of halogens is 3. The van der Waals surface area contributed by atoms with Gasteiger partial charge in [0.2, 0.25) is 0 Å². The Morgan fingerprint density at radius 3 is 2.46 bits per heavy atom. The minimum Gasteiger partial charge on any atom is -0.461 e. The van der Waals surface area contributed by atoms with Gasteiger partial charge in [0.25, 0.3) is 0 Å². The Kier molecular flexibility index (Phi) is 11.4. The van der Waals surface area contributed by atoms with Crippen LogP contribution in [0.15, 0.2) is 30.3 Å². The highest BCUT2D eigenvalue weighted by Gasteiger charge is 2.45. The summed E-state index contributed by atoms with van der Waals surface area (Å²) in [4.78, 5) is 19.4. The molecular weight excluding hydrogens is 613 g/mol. The van der Waals surface area contributed by atoms with Crippen LogP contribution in [0.2, 0.25) is 0 Å². The van der Waals surface area contributed by atoms with Gasteiger partial charge in [-0.2, -0.15) is 9.97 Å². The number of aryl methyl sites for hydroxylation is 1. The standard InChI is InChI=1S/C33H32F2N6O.2C2H6.CH3F/c1-2-22-24(34)10-8-20-6-3-7-23(26(20)22)29-28(35)30-27-25(37-29)11-9-21-18-36-14-17-41(21)31(27)39-32(38-30)42-19-33-12-4-15-40(33)16-5-13-33;3*1-2/h1,3,6-8,10,21,36H,4-5,9,11-19H2;2*1-2H3;1H3. The monoisotopic (exact) mass is 660 g/mol. The molecule has 0 spiro atoms. The van der Waals surface area contributed by atoms with E-state index in [1.165, 1.54) is 6.07 Å². The number of pyridine rings is 1. The minimum atomic E-state index is -0.572. The highest BCUT2D eigenvalue weighted by atomic mass is 19.1. The van der Waals surface area contributed by atoms with Gasteiger partial charge in [0.15, 0.2) is 5.82 Å². The quantitative estimate of drug-likeness (QED) is 0.228. The van der Waals surface area contributed by atoms with Crippen molar-refractivity contribution >= 4 is 27.5 Å². The second kappa shape index (κ2) is 15.5. The first-order valence-corrected chi connectivity index (χ1v) is 17.4. The Hall–Kier alpha value is -3.94. The third-order valence-electron chi connectivity index (χ3n) is 9.83. The van der Waals surface area contributed by atoms with Crippen molar-refractivity contribution in [2.45, 2.75) is 77.8 Å². The van der Waals surface area contributed by atoms with Crippen LogP contribution in [0.25, 0.3) is 32.9 Å². The zero-order valence-electron chi connectivity index (χ0n) is 28.8. The van der Waals surface area contributed by atoms with Gasteiger partial charge in [0, 0.05) is 36.6 Å². The number of nitrogens with one attached hydrogen (secondary N) is 1. The lowest BCUT2D eigenvalue weighted by molar-refractivity contribution is 0.108. The van der Waals surface area contributed by atoms with Crippen molar-refractivity contribution in [3.63, 3.8) is 0 Å². The number of nitrogens with zero attached hydrogens (tertiary/aromatic N) is 5. The van der Waals surface area contributed by atoms with Gasteiger partial charge in [0.1, 0.15) is 29.5 Å². The molecule has 256 valence electrons. The van der Waals surface area contributed by atoms with E-state index in [0.29, 0.717) is 42.4 Å². The number of anilines is 1. The van der Waals surface area contributed by atoms with E-state index in [1.54, 1.807) is 12.1 Å². The number of aromatic nitrogens is 3.